The highest BCUT2D eigenvalue weighted by Crippen LogP contribution is 2.19. The number of hydrogen-bond donors (Lipinski definition) is 2. The third kappa shape index (κ3) is 5.91. The Balaban J connectivity index is 2.00. The first-order chi connectivity index (χ1) is 12.8. The molecule has 1 aromatic carbocycles. The molecule has 0 bridgehead atoms. The van der Waals surface area contributed by atoms with Crippen molar-refractivity contribution >= 4 is 18.2 Å². The zero-order valence-corrected chi connectivity index (χ0v) is 15.9. The molecular weight excluding hydrogens is 344 g/mol. The Morgan fingerprint density at radius 2 is 1.85 bits per heavy atom. The second kappa shape index (κ2) is 8.93. The van der Waals surface area contributed by atoms with Crippen LogP contribution in [0.3, 0.4) is 0 Å². The summed E-state index contributed by atoms with van der Waals surface area (Å²) in [7, 11) is 1.25. The van der Waals surface area contributed by atoms with Crippen molar-refractivity contribution < 1.29 is 14.3 Å². The standard InChI is InChI=1S/C20H24N4O3/c1-20(2,3)17(23-19(26)27-4)18(25)24-22-13-14-8-10-15(11-9-14)16-7-5-6-12-21-16/h5-13,17H,1-4H3,(H,23,26)(H,24,25)/b22-13+. The average Bonchev–Trinajstić information content (AvgIpc) is 2.66. The van der Waals surface area contributed by atoms with E-state index in [0.29, 0.717) is 0 Å². The highest BCUT2D eigenvalue weighted by molar-refractivity contribution is 5.88. The van der Waals surface area contributed by atoms with Crippen molar-refractivity contribution in [3.63, 3.8) is 0 Å². The van der Waals surface area contributed by atoms with Gasteiger partial charge in [-0.2, -0.15) is 5.10 Å². The van der Waals surface area contributed by atoms with Crippen LogP contribution in [0.1, 0.15) is 26.3 Å². The largest absolute Gasteiger partial charge is 0.453 e. The molecule has 2 rings (SSSR count). The number of aromatic nitrogens is 1. The van der Waals surface area contributed by atoms with Crippen LogP contribution in [0.15, 0.2) is 53.8 Å². The minimum atomic E-state index is -0.784. The maximum atomic E-state index is 12.4. The van der Waals surface area contributed by atoms with Gasteiger partial charge in [-0.05, 0) is 23.1 Å². The highest BCUT2D eigenvalue weighted by Gasteiger charge is 2.33. The summed E-state index contributed by atoms with van der Waals surface area (Å²) in [6, 6.07) is 12.6. The van der Waals surface area contributed by atoms with Crippen molar-refractivity contribution in [2.75, 3.05) is 7.11 Å². The lowest BCUT2D eigenvalue weighted by Crippen LogP contribution is -2.52. The molecule has 0 saturated carbocycles. The summed E-state index contributed by atoms with van der Waals surface area (Å²) in [5.41, 5.74) is 4.66. The van der Waals surface area contributed by atoms with Gasteiger partial charge in [0.1, 0.15) is 6.04 Å². The van der Waals surface area contributed by atoms with E-state index >= 15 is 0 Å². The Labute approximate surface area is 158 Å². The van der Waals surface area contributed by atoms with E-state index in [0.717, 1.165) is 16.8 Å². The molecule has 7 heteroatoms. The predicted molar refractivity (Wildman–Crippen MR) is 104 cm³/mol. The predicted octanol–water partition coefficient (Wildman–Crippen LogP) is 2.97. The van der Waals surface area contributed by atoms with Gasteiger partial charge in [-0.15, -0.1) is 0 Å². The maximum absolute atomic E-state index is 12.4. The quantitative estimate of drug-likeness (QED) is 0.627. The summed E-state index contributed by atoms with van der Waals surface area (Å²) < 4.78 is 4.57. The Kier molecular flexibility index (Phi) is 6.65. The number of carbonyl (C=O) groups excluding carboxylic acids is 2. The molecule has 2 aromatic rings. The van der Waals surface area contributed by atoms with Crippen molar-refractivity contribution in [1.82, 2.24) is 15.7 Å². The topological polar surface area (TPSA) is 92.7 Å². The minimum absolute atomic E-state index is 0.422. The Hall–Kier alpha value is -3.22. The normalized spacial score (nSPS) is 12.4. The molecule has 2 amide bonds. The van der Waals surface area contributed by atoms with Crippen LogP contribution in [0.2, 0.25) is 0 Å². The lowest BCUT2D eigenvalue weighted by molar-refractivity contribution is -0.125. The van der Waals surface area contributed by atoms with Gasteiger partial charge in [-0.1, -0.05) is 51.1 Å². The monoisotopic (exact) mass is 368 g/mol. The third-order valence-electron chi connectivity index (χ3n) is 3.84. The van der Waals surface area contributed by atoms with E-state index in [9.17, 15) is 9.59 Å². The summed E-state index contributed by atoms with van der Waals surface area (Å²) in [6.07, 6.45) is 2.62. The number of pyridine rings is 1. The van der Waals surface area contributed by atoms with Crippen LogP contribution in [0, 0.1) is 5.41 Å². The summed E-state index contributed by atoms with van der Waals surface area (Å²) in [5, 5.41) is 6.51. The third-order valence-corrected chi connectivity index (χ3v) is 3.84. The van der Waals surface area contributed by atoms with Gasteiger partial charge in [-0.3, -0.25) is 9.78 Å². The molecule has 1 atom stereocenters. The van der Waals surface area contributed by atoms with Gasteiger partial charge < -0.3 is 10.1 Å². The van der Waals surface area contributed by atoms with E-state index in [-0.39, 0.29) is 0 Å². The van der Waals surface area contributed by atoms with Gasteiger partial charge in [-0.25, -0.2) is 10.2 Å². The molecule has 1 aromatic heterocycles. The molecule has 1 heterocycles. The summed E-state index contributed by atoms with van der Waals surface area (Å²) >= 11 is 0. The number of nitrogens with zero attached hydrogens (tertiary/aromatic N) is 2. The second-order valence-electron chi connectivity index (χ2n) is 7.01. The molecular formula is C20H24N4O3. The van der Waals surface area contributed by atoms with Crippen LogP contribution in [0.5, 0.6) is 0 Å². The smallest absolute Gasteiger partial charge is 0.407 e. The molecule has 0 radical (unpaired) electrons. The number of rotatable bonds is 5. The number of carbonyl (C=O) groups is 2. The van der Waals surface area contributed by atoms with E-state index < -0.39 is 23.5 Å². The Bertz CT molecular complexity index is 796. The maximum Gasteiger partial charge on any atom is 0.407 e. The number of methoxy groups -OCH3 is 1. The molecule has 0 spiro atoms. The van der Waals surface area contributed by atoms with E-state index in [2.05, 4.69) is 25.6 Å². The number of amides is 2. The second-order valence-corrected chi connectivity index (χ2v) is 7.01. The molecule has 27 heavy (non-hydrogen) atoms. The van der Waals surface area contributed by atoms with Gasteiger partial charge >= 0.3 is 6.09 Å². The molecule has 142 valence electrons. The van der Waals surface area contributed by atoms with Crippen LogP contribution in [0.25, 0.3) is 11.3 Å². The van der Waals surface area contributed by atoms with Crippen LogP contribution in [-0.4, -0.2) is 36.4 Å². The SMILES string of the molecule is COC(=O)NC(C(=O)N/N=C/c1ccc(-c2ccccn2)cc1)C(C)(C)C. The molecule has 1 unspecified atom stereocenters. The first kappa shape index (κ1) is 20.1. The molecule has 0 aliphatic carbocycles. The van der Waals surface area contributed by atoms with Gasteiger partial charge in [0.2, 0.25) is 0 Å². The zero-order chi connectivity index (χ0) is 19.9. The van der Waals surface area contributed by atoms with Crippen molar-refractivity contribution in [3.8, 4) is 11.3 Å². The molecule has 7 nitrogen and oxygen atoms in total. The van der Waals surface area contributed by atoms with Gasteiger partial charge in [0.25, 0.3) is 5.91 Å². The lowest BCUT2D eigenvalue weighted by Gasteiger charge is -2.28. The summed E-state index contributed by atoms with van der Waals surface area (Å²) in [5.74, 6) is -0.422. The van der Waals surface area contributed by atoms with Crippen molar-refractivity contribution in [1.29, 1.82) is 0 Å². The summed E-state index contributed by atoms with van der Waals surface area (Å²) in [4.78, 5) is 28.1. The highest BCUT2D eigenvalue weighted by atomic mass is 16.5. The molecule has 2 N–H and O–H groups in total. The fourth-order valence-corrected chi connectivity index (χ4v) is 2.36. The number of nitrogens with one attached hydrogen (secondary N) is 2. The number of alkyl carbamates (subject to hydrolysis) is 1. The van der Waals surface area contributed by atoms with Gasteiger partial charge in [0.05, 0.1) is 19.0 Å². The van der Waals surface area contributed by atoms with Gasteiger partial charge in [0.15, 0.2) is 0 Å². The van der Waals surface area contributed by atoms with E-state index in [1.165, 1.54) is 13.3 Å². The first-order valence-corrected chi connectivity index (χ1v) is 8.50. The van der Waals surface area contributed by atoms with Crippen molar-refractivity contribution in [2.24, 2.45) is 10.5 Å². The van der Waals surface area contributed by atoms with E-state index in [1.54, 1.807) is 6.20 Å². The molecule has 0 aliphatic rings. The number of ether oxygens (including phenoxy) is 1. The first-order valence-electron chi connectivity index (χ1n) is 8.50. The van der Waals surface area contributed by atoms with Gasteiger partial charge in [0, 0.05) is 11.8 Å². The van der Waals surface area contributed by atoms with E-state index in [1.807, 2.05) is 63.2 Å². The average molecular weight is 368 g/mol. The Morgan fingerprint density at radius 3 is 2.41 bits per heavy atom. The number of benzene rings is 1. The zero-order valence-electron chi connectivity index (χ0n) is 15.9. The molecule has 0 aliphatic heterocycles. The summed E-state index contributed by atoms with van der Waals surface area (Å²) in [6.45, 7) is 5.52. The fourth-order valence-electron chi connectivity index (χ4n) is 2.36. The number of hydrogen-bond acceptors (Lipinski definition) is 5. The molecule has 0 saturated heterocycles. The van der Waals surface area contributed by atoms with Crippen molar-refractivity contribution in [2.45, 2.75) is 26.8 Å². The van der Waals surface area contributed by atoms with Crippen molar-refractivity contribution in [3.05, 3.63) is 54.2 Å². The van der Waals surface area contributed by atoms with Crippen LogP contribution >= 0.6 is 0 Å². The number of hydrazone groups is 1. The lowest BCUT2D eigenvalue weighted by atomic mass is 9.86. The molecule has 0 fully saturated rings. The van der Waals surface area contributed by atoms with E-state index in [4.69, 9.17) is 0 Å². The van der Waals surface area contributed by atoms with Crippen LogP contribution < -0.4 is 10.7 Å². The Morgan fingerprint density at radius 1 is 1.15 bits per heavy atom. The van der Waals surface area contributed by atoms with Crippen LogP contribution in [-0.2, 0) is 9.53 Å². The fraction of sp³-hybridized carbons (Fsp3) is 0.300. The van der Waals surface area contributed by atoms with Crippen LogP contribution in [0.4, 0.5) is 4.79 Å². The minimum Gasteiger partial charge on any atom is -0.453 e.